The lowest BCUT2D eigenvalue weighted by Crippen LogP contribution is -2.43. The van der Waals surface area contributed by atoms with Gasteiger partial charge in [-0.2, -0.15) is 0 Å². The van der Waals surface area contributed by atoms with E-state index in [9.17, 15) is 0 Å². The fourth-order valence-corrected chi connectivity index (χ4v) is 32.1. The highest BCUT2D eigenvalue weighted by Gasteiger charge is 2.44. The number of terminal acetylenes is 2. The fraction of sp³-hybridized carbons (Fsp3) is 0.643. The van der Waals surface area contributed by atoms with E-state index < -0.39 is 32.3 Å². The van der Waals surface area contributed by atoms with E-state index in [4.69, 9.17) is 12.8 Å². The maximum absolute atomic E-state index is 6.33. The van der Waals surface area contributed by atoms with Gasteiger partial charge in [0.15, 0.2) is 0 Å². The van der Waals surface area contributed by atoms with E-state index in [0.717, 1.165) is 0 Å². The van der Waals surface area contributed by atoms with Crippen LogP contribution >= 0.6 is 0 Å². The Labute approximate surface area is 379 Å². The summed E-state index contributed by atoms with van der Waals surface area (Å²) in [6.07, 6.45) is 12.7. The molecule has 0 bridgehead atoms. The number of hydrogen-bond acceptors (Lipinski definition) is 0. The SMILES string of the molecule is C#C/C(C#C[Si](C(C)C)(C(C)C)C(C)C)=C(/C#CC#C/C(C#C[Si](C(C)C)(C(C)C)C(C)C)=C(/C#C)C#C[Si](C(C)C)(C(C)C)C(C)C)C#C[Si](C(C)C)(C(C)C)C(C)C. The van der Waals surface area contributed by atoms with Gasteiger partial charge in [0.25, 0.3) is 0 Å². The molecule has 0 aliphatic carbocycles. The second kappa shape index (κ2) is 24.5. The summed E-state index contributed by atoms with van der Waals surface area (Å²) in [5.41, 5.74) is 23.3. The smallest absolute Gasteiger partial charge is 0.124 e. The lowest BCUT2D eigenvalue weighted by Gasteiger charge is -2.38. The Hall–Kier alpha value is -3.17. The molecule has 0 aliphatic rings. The molecule has 4 heteroatoms. The molecule has 0 saturated carbocycles. The first-order valence-electron chi connectivity index (χ1n) is 23.1. The minimum absolute atomic E-state index is 0.457. The summed E-state index contributed by atoms with van der Waals surface area (Å²) in [6.45, 7) is 55.7. The van der Waals surface area contributed by atoms with Gasteiger partial charge in [-0.15, -0.1) is 35.0 Å². The lowest BCUT2D eigenvalue weighted by molar-refractivity contribution is 0.838. The van der Waals surface area contributed by atoms with Gasteiger partial charge in [0.1, 0.15) is 32.3 Å². The summed E-state index contributed by atoms with van der Waals surface area (Å²) in [7, 11) is -8.40. The van der Waals surface area contributed by atoms with E-state index in [-0.39, 0.29) is 0 Å². The molecule has 0 aliphatic heterocycles. The molecule has 0 spiro atoms. The van der Waals surface area contributed by atoms with Crippen LogP contribution in [0, 0.1) is 94.2 Å². The maximum Gasteiger partial charge on any atom is 0.146 e. The van der Waals surface area contributed by atoms with Crippen molar-refractivity contribution in [2.24, 2.45) is 0 Å². The maximum atomic E-state index is 6.33. The Morgan fingerprint density at radius 1 is 0.250 bits per heavy atom. The minimum Gasteiger partial charge on any atom is -0.124 e. The highest BCUT2D eigenvalue weighted by Crippen LogP contribution is 2.44. The molecule has 0 aromatic rings. The van der Waals surface area contributed by atoms with Crippen LogP contribution in [0.4, 0.5) is 0 Å². The van der Waals surface area contributed by atoms with Crippen molar-refractivity contribution >= 4 is 32.3 Å². The van der Waals surface area contributed by atoms with E-state index in [1.54, 1.807) is 0 Å². The van der Waals surface area contributed by atoms with Crippen LogP contribution in [-0.2, 0) is 0 Å². The van der Waals surface area contributed by atoms with Crippen molar-refractivity contribution in [2.75, 3.05) is 0 Å². The Morgan fingerprint density at radius 3 is 0.533 bits per heavy atom. The predicted molar refractivity (Wildman–Crippen MR) is 283 cm³/mol. The van der Waals surface area contributed by atoms with Gasteiger partial charge in [0.2, 0.25) is 0 Å². The van der Waals surface area contributed by atoms with Crippen molar-refractivity contribution in [3.05, 3.63) is 22.3 Å². The average Bonchev–Trinajstić information content (AvgIpc) is 3.11. The van der Waals surface area contributed by atoms with Crippen LogP contribution in [0.1, 0.15) is 166 Å². The summed E-state index contributed by atoms with van der Waals surface area (Å²) in [4.78, 5) is 0. The molecule has 0 N–H and O–H groups in total. The Kier molecular flexibility index (Phi) is 23.2. The van der Waals surface area contributed by atoms with Crippen molar-refractivity contribution in [2.45, 2.75) is 233 Å². The zero-order valence-corrected chi connectivity index (χ0v) is 47.1. The molecule has 0 atom stereocenters. The van der Waals surface area contributed by atoms with Crippen molar-refractivity contribution < 1.29 is 0 Å². The third kappa shape index (κ3) is 12.7. The van der Waals surface area contributed by atoms with Crippen LogP contribution in [0.5, 0.6) is 0 Å². The molecule has 0 unspecified atom stereocenters. The standard InChI is InChI=1S/C56H86Si4/c1-27-53(33-37-57(41(3)4,42(5)6)43(7)8)55(35-39-59(47(15)16,48(17)18)49(19)20)31-29-30-32-56(36-40-60(50(21)22,51(23)24)52(25)26)54(28-2)34-38-58(44(9)10,45(11)12)46(13)14/h1-2,41-52H,3-26H3/b55-53+,56-54+. The fourth-order valence-electron chi connectivity index (χ4n) is 11.3. The van der Waals surface area contributed by atoms with Gasteiger partial charge in [-0.25, -0.2) is 0 Å². The van der Waals surface area contributed by atoms with E-state index in [1.807, 2.05) is 0 Å². The molecule has 0 heterocycles. The molecule has 0 fully saturated rings. The Bertz CT molecular complexity index is 1770. The summed E-state index contributed by atoms with van der Waals surface area (Å²) in [5.74, 6) is 33.2. The van der Waals surface area contributed by atoms with Crippen LogP contribution < -0.4 is 0 Å². The quantitative estimate of drug-likeness (QED) is 0.135. The van der Waals surface area contributed by atoms with Gasteiger partial charge in [-0.3, -0.25) is 0 Å². The summed E-state index contributed by atoms with van der Waals surface area (Å²) >= 11 is 0. The summed E-state index contributed by atoms with van der Waals surface area (Å²) in [5, 5.41) is 0. The van der Waals surface area contributed by atoms with E-state index in [1.165, 1.54) is 0 Å². The highest BCUT2D eigenvalue weighted by molar-refractivity contribution is 6.92. The zero-order valence-electron chi connectivity index (χ0n) is 43.1. The lowest BCUT2D eigenvalue weighted by atomic mass is 10.1. The van der Waals surface area contributed by atoms with Crippen LogP contribution in [0.2, 0.25) is 66.5 Å². The molecule has 0 aromatic carbocycles. The molecule has 0 aromatic heterocycles. The first-order valence-corrected chi connectivity index (χ1v) is 32.1. The van der Waals surface area contributed by atoms with Crippen LogP contribution in [-0.4, -0.2) is 32.3 Å². The monoisotopic (exact) mass is 871 g/mol. The average molecular weight is 872 g/mol. The van der Waals surface area contributed by atoms with Crippen molar-refractivity contribution in [1.29, 1.82) is 0 Å². The molecule has 326 valence electrons. The third-order valence-electron chi connectivity index (χ3n) is 14.3. The first kappa shape index (κ1) is 56.8. The van der Waals surface area contributed by atoms with E-state index >= 15 is 0 Å². The highest BCUT2D eigenvalue weighted by atomic mass is 28.3. The molecule has 0 rings (SSSR count). The van der Waals surface area contributed by atoms with Gasteiger partial charge in [-0.05, 0) is 90.2 Å². The largest absolute Gasteiger partial charge is 0.146 e. The van der Waals surface area contributed by atoms with E-state index in [0.29, 0.717) is 88.8 Å². The minimum atomic E-state index is -2.12. The molecule has 0 saturated heterocycles. The number of allylic oxidation sites excluding steroid dienone is 4. The Balaban J connectivity index is 8.88. The van der Waals surface area contributed by atoms with Gasteiger partial charge in [-0.1, -0.05) is 202 Å². The van der Waals surface area contributed by atoms with Crippen LogP contribution in [0.15, 0.2) is 22.3 Å². The zero-order chi connectivity index (χ0) is 47.1. The van der Waals surface area contributed by atoms with Gasteiger partial charge in [0.05, 0.1) is 22.3 Å². The number of rotatable bonds is 12. The van der Waals surface area contributed by atoms with E-state index in [2.05, 4.69) is 248 Å². The molecule has 0 radical (unpaired) electrons. The first-order chi connectivity index (χ1) is 27.6. The van der Waals surface area contributed by atoms with Crippen LogP contribution in [0.25, 0.3) is 0 Å². The summed E-state index contributed by atoms with van der Waals surface area (Å²) in [6, 6.07) is 0. The molecule has 60 heavy (non-hydrogen) atoms. The van der Waals surface area contributed by atoms with Crippen molar-refractivity contribution in [1.82, 2.24) is 0 Å². The predicted octanol–water partition coefficient (Wildman–Crippen LogP) is 15.7. The molecular formula is C56H86Si4. The second-order valence-electron chi connectivity index (χ2n) is 20.9. The summed E-state index contributed by atoms with van der Waals surface area (Å²) < 4.78 is 0. The van der Waals surface area contributed by atoms with Gasteiger partial charge >= 0.3 is 0 Å². The Morgan fingerprint density at radius 2 is 0.400 bits per heavy atom. The topological polar surface area (TPSA) is 0 Å². The van der Waals surface area contributed by atoms with Crippen molar-refractivity contribution in [3.63, 3.8) is 0 Å². The molecular weight excluding hydrogens is 785 g/mol. The molecule has 0 nitrogen and oxygen atoms in total. The van der Waals surface area contributed by atoms with Crippen LogP contribution in [0.3, 0.4) is 0 Å². The normalized spacial score (nSPS) is 13.2. The third-order valence-corrected chi connectivity index (χ3v) is 39.5. The number of hydrogen-bond donors (Lipinski definition) is 0. The second-order valence-corrected chi connectivity index (χ2v) is 43.2. The molecule has 0 amide bonds. The van der Waals surface area contributed by atoms with Gasteiger partial charge in [0, 0.05) is 0 Å². The van der Waals surface area contributed by atoms with Gasteiger partial charge < -0.3 is 0 Å². The van der Waals surface area contributed by atoms with Crippen molar-refractivity contribution in [3.8, 4) is 94.2 Å².